The van der Waals surface area contributed by atoms with E-state index < -0.39 is 10.0 Å². The van der Waals surface area contributed by atoms with E-state index in [-0.39, 0.29) is 22.9 Å². The van der Waals surface area contributed by atoms with Crippen molar-refractivity contribution in [2.45, 2.75) is 56.5 Å². The van der Waals surface area contributed by atoms with Gasteiger partial charge in [0.2, 0.25) is 10.0 Å². The molecule has 0 aromatic heterocycles. The molecule has 6 heteroatoms. The van der Waals surface area contributed by atoms with Crippen molar-refractivity contribution < 1.29 is 13.2 Å². The van der Waals surface area contributed by atoms with E-state index in [9.17, 15) is 13.2 Å². The molecule has 0 unspecified atom stereocenters. The molecule has 0 atom stereocenters. The van der Waals surface area contributed by atoms with E-state index in [0.717, 1.165) is 25.7 Å². The Morgan fingerprint density at radius 3 is 2.52 bits per heavy atom. The van der Waals surface area contributed by atoms with Crippen LogP contribution in [0.25, 0.3) is 0 Å². The van der Waals surface area contributed by atoms with Crippen molar-refractivity contribution in [3.05, 3.63) is 29.8 Å². The highest BCUT2D eigenvalue weighted by molar-refractivity contribution is 7.89. The fraction of sp³-hybridized carbons (Fsp3) is 0.533. The number of carbonyl (C=O) groups excluding carboxylic acids is 1. The van der Waals surface area contributed by atoms with Gasteiger partial charge in [-0.25, -0.2) is 13.1 Å². The average Bonchev–Trinajstić information content (AvgIpc) is 2.90. The molecule has 1 aromatic carbocycles. The van der Waals surface area contributed by atoms with Crippen molar-refractivity contribution in [3.8, 4) is 0 Å². The van der Waals surface area contributed by atoms with Crippen molar-refractivity contribution in [1.29, 1.82) is 0 Å². The Labute approximate surface area is 126 Å². The van der Waals surface area contributed by atoms with Crippen LogP contribution in [0.3, 0.4) is 0 Å². The zero-order chi connectivity index (χ0) is 15.5. The zero-order valence-electron chi connectivity index (χ0n) is 12.4. The molecule has 1 saturated carbocycles. The highest BCUT2D eigenvalue weighted by atomic mass is 32.2. The molecule has 5 nitrogen and oxygen atoms in total. The van der Waals surface area contributed by atoms with E-state index in [2.05, 4.69) is 10.0 Å². The van der Waals surface area contributed by atoms with Crippen LogP contribution in [0.1, 0.15) is 49.9 Å². The topological polar surface area (TPSA) is 75.3 Å². The van der Waals surface area contributed by atoms with E-state index >= 15 is 0 Å². The quantitative estimate of drug-likeness (QED) is 0.874. The van der Waals surface area contributed by atoms with Crippen LogP contribution in [0, 0.1) is 0 Å². The lowest BCUT2D eigenvalue weighted by Gasteiger charge is -2.13. The molecule has 2 rings (SSSR count). The van der Waals surface area contributed by atoms with Gasteiger partial charge in [0.05, 0.1) is 4.90 Å². The molecule has 1 aliphatic rings. The lowest BCUT2D eigenvalue weighted by atomic mass is 10.2. The van der Waals surface area contributed by atoms with Gasteiger partial charge in [-0.3, -0.25) is 4.79 Å². The smallest absolute Gasteiger partial charge is 0.251 e. The van der Waals surface area contributed by atoms with Gasteiger partial charge < -0.3 is 5.32 Å². The Morgan fingerprint density at radius 2 is 1.90 bits per heavy atom. The summed E-state index contributed by atoms with van der Waals surface area (Å²) in [6.45, 7) is 3.72. The minimum atomic E-state index is -3.56. The van der Waals surface area contributed by atoms with Gasteiger partial charge in [-0.1, -0.05) is 18.9 Å². The number of hydrogen-bond donors (Lipinski definition) is 2. The van der Waals surface area contributed by atoms with Crippen LogP contribution < -0.4 is 10.0 Å². The first-order chi connectivity index (χ1) is 9.88. The summed E-state index contributed by atoms with van der Waals surface area (Å²) >= 11 is 0. The number of sulfonamides is 1. The zero-order valence-corrected chi connectivity index (χ0v) is 13.2. The van der Waals surface area contributed by atoms with Crippen LogP contribution in [-0.2, 0) is 10.0 Å². The lowest BCUT2D eigenvalue weighted by molar-refractivity contribution is 0.0943. The van der Waals surface area contributed by atoms with Crippen LogP contribution in [0.15, 0.2) is 29.2 Å². The molecule has 0 bridgehead atoms. The van der Waals surface area contributed by atoms with Crippen LogP contribution in [0.4, 0.5) is 0 Å². The molecule has 0 aliphatic heterocycles. The Morgan fingerprint density at radius 1 is 1.24 bits per heavy atom. The highest BCUT2D eigenvalue weighted by Crippen LogP contribution is 2.20. The fourth-order valence-electron chi connectivity index (χ4n) is 2.48. The van der Waals surface area contributed by atoms with Gasteiger partial charge in [0, 0.05) is 17.6 Å². The SMILES string of the molecule is CC(C)NC(=O)c1cccc(S(=O)(=O)NC2CCCC2)c1. The first kappa shape index (κ1) is 16.0. The lowest BCUT2D eigenvalue weighted by Crippen LogP contribution is -2.33. The standard InChI is InChI=1S/C15H22N2O3S/c1-11(2)16-15(18)12-6-5-9-14(10-12)21(19,20)17-13-7-3-4-8-13/h5-6,9-11,13,17H,3-4,7-8H2,1-2H3,(H,16,18). The summed E-state index contributed by atoms with van der Waals surface area (Å²) in [5, 5.41) is 2.76. The third kappa shape index (κ3) is 4.28. The van der Waals surface area contributed by atoms with Gasteiger partial charge in [0.15, 0.2) is 0 Å². The number of amides is 1. The fourth-order valence-corrected chi connectivity index (χ4v) is 3.83. The van der Waals surface area contributed by atoms with Crippen molar-refractivity contribution in [2.75, 3.05) is 0 Å². The molecular formula is C15H22N2O3S. The molecule has 0 heterocycles. The molecule has 2 N–H and O–H groups in total. The Kier molecular flexibility index (Phi) is 5.00. The van der Waals surface area contributed by atoms with Gasteiger partial charge >= 0.3 is 0 Å². The summed E-state index contributed by atoms with van der Waals surface area (Å²) in [5.74, 6) is -0.261. The molecule has 21 heavy (non-hydrogen) atoms. The minimum absolute atomic E-state index is 0.00868. The van der Waals surface area contributed by atoms with Crippen LogP contribution in [0.2, 0.25) is 0 Å². The average molecular weight is 310 g/mol. The number of nitrogens with one attached hydrogen (secondary N) is 2. The summed E-state index contributed by atoms with van der Waals surface area (Å²) in [6, 6.07) is 6.18. The summed E-state index contributed by atoms with van der Waals surface area (Å²) < 4.78 is 27.4. The first-order valence-electron chi connectivity index (χ1n) is 7.32. The van der Waals surface area contributed by atoms with E-state index in [0.29, 0.717) is 5.56 Å². The van der Waals surface area contributed by atoms with Crippen molar-refractivity contribution in [1.82, 2.24) is 10.0 Å². The van der Waals surface area contributed by atoms with Crippen LogP contribution in [0.5, 0.6) is 0 Å². The van der Waals surface area contributed by atoms with Gasteiger partial charge in [-0.15, -0.1) is 0 Å². The van der Waals surface area contributed by atoms with Gasteiger partial charge in [0.1, 0.15) is 0 Å². The van der Waals surface area contributed by atoms with Crippen LogP contribution in [-0.4, -0.2) is 26.4 Å². The maximum atomic E-state index is 12.3. The monoisotopic (exact) mass is 310 g/mol. The summed E-state index contributed by atoms with van der Waals surface area (Å²) in [6.07, 6.45) is 3.88. The first-order valence-corrected chi connectivity index (χ1v) is 8.80. The second kappa shape index (κ2) is 6.58. The van der Waals surface area contributed by atoms with E-state index in [4.69, 9.17) is 0 Å². The maximum absolute atomic E-state index is 12.3. The van der Waals surface area contributed by atoms with Gasteiger partial charge in [-0.2, -0.15) is 0 Å². The number of carbonyl (C=O) groups is 1. The van der Waals surface area contributed by atoms with E-state index in [1.807, 2.05) is 13.8 Å². The number of rotatable bonds is 5. The molecule has 1 aromatic rings. The second-order valence-corrected chi connectivity index (χ2v) is 7.47. The predicted octanol–water partition coefficient (Wildman–Crippen LogP) is 2.05. The van der Waals surface area contributed by atoms with Gasteiger partial charge in [0.25, 0.3) is 5.91 Å². The van der Waals surface area contributed by atoms with Crippen molar-refractivity contribution >= 4 is 15.9 Å². The Balaban J connectivity index is 2.17. The van der Waals surface area contributed by atoms with Crippen LogP contribution >= 0.6 is 0 Å². The Hall–Kier alpha value is -1.40. The number of benzene rings is 1. The third-order valence-corrected chi connectivity index (χ3v) is 5.02. The second-order valence-electron chi connectivity index (χ2n) is 5.76. The molecule has 1 aliphatic carbocycles. The number of hydrogen-bond acceptors (Lipinski definition) is 3. The molecule has 116 valence electrons. The normalized spacial score (nSPS) is 16.3. The van der Waals surface area contributed by atoms with Gasteiger partial charge in [-0.05, 0) is 44.9 Å². The summed E-state index contributed by atoms with van der Waals surface area (Å²) in [5.41, 5.74) is 0.359. The molecule has 1 amide bonds. The summed E-state index contributed by atoms with van der Waals surface area (Å²) in [7, 11) is -3.56. The van der Waals surface area contributed by atoms with E-state index in [1.54, 1.807) is 12.1 Å². The molecule has 0 radical (unpaired) electrons. The highest BCUT2D eigenvalue weighted by Gasteiger charge is 2.23. The predicted molar refractivity (Wildman–Crippen MR) is 81.6 cm³/mol. The minimum Gasteiger partial charge on any atom is -0.350 e. The van der Waals surface area contributed by atoms with Crippen molar-refractivity contribution in [2.24, 2.45) is 0 Å². The third-order valence-electron chi connectivity index (χ3n) is 3.50. The van der Waals surface area contributed by atoms with E-state index in [1.165, 1.54) is 12.1 Å². The Bertz CT molecular complexity index is 605. The summed E-state index contributed by atoms with van der Waals surface area (Å²) in [4.78, 5) is 12.1. The molecule has 1 fully saturated rings. The van der Waals surface area contributed by atoms with Crippen molar-refractivity contribution in [3.63, 3.8) is 0 Å². The molecule has 0 spiro atoms. The molecular weight excluding hydrogens is 288 g/mol. The molecule has 0 saturated heterocycles. The maximum Gasteiger partial charge on any atom is 0.251 e. The largest absolute Gasteiger partial charge is 0.350 e.